The van der Waals surface area contributed by atoms with Crippen LogP contribution in [0.15, 0.2) is 16.6 Å². The molecule has 0 aliphatic carbocycles. The van der Waals surface area contributed by atoms with Gasteiger partial charge in [-0.2, -0.15) is 0 Å². The Morgan fingerprint density at radius 3 is 2.36 bits per heavy atom. The summed E-state index contributed by atoms with van der Waals surface area (Å²) in [7, 11) is -0.895. The van der Waals surface area contributed by atoms with Gasteiger partial charge >= 0.3 is 0 Å². The topological polar surface area (TPSA) is 58.5 Å². The summed E-state index contributed by atoms with van der Waals surface area (Å²) in [6.07, 6.45) is 2.26. The highest BCUT2D eigenvalue weighted by Gasteiger charge is 2.07. The normalized spacial score (nSPS) is 25.1. The largest absolute Gasteiger partial charge is 0.356 e. The van der Waals surface area contributed by atoms with Crippen LogP contribution >= 0.6 is 0 Å². The number of carbonyl (C=O) groups is 1. The summed E-state index contributed by atoms with van der Waals surface area (Å²) in [6.45, 7) is 0.888. The Kier molecular flexibility index (Phi) is 2.97. The molecule has 2 aliphatic heterocycles. The maximum absolute atomic E-state index is 10.1. The SMILES string of the molecule is O=C1CCN1.O=S1C=CN=C1. The summed E-state index contributed by atoms with van der Waals surface area (Å²) in [5, 5.41) is 4.10. The van der Waals surface area contributed by atoms with Crippen LogP contribution in [0.1, 0.15) is 6.42 Å². The van der Waals surface area contributed by atoms with Crippen LogP contribution in [0, 0.1) is 0 Å². The van der Waals surface area contributed by atoms with Crippen molar-refractivity contribution in [3.8, 4) is 0 Å². The van der Waals surface area contributed by atoms with E-state index in [1.165, 1.54) is 17.2 Å². The van der Waals surface area contributed by atoms with Gasteiger partial charge in [-0.1, -0.05) is 0 Å². The molecule has 1 atom stereocenters. The molecule has 5 heteroatoms. The second kappa shape index (κ2) is 4.02. The third-order valence-corrected chi connectivity index (χ3v) is 1.84. The summed E-state index contributed by atoms with van der Waals surface area (Å²) < 4.78 is 10.1. The van der Waals surface area contributed by atoms with Crippen LogP contribution in [-0.4, -0.2) is 22.2 Å². The number of hydrogen-bond donors (Lipinski definition) is 1. The molecule has 0 aromatic carbocycles. The van der Waals surface area contributed by atoms with E-state index >= 15 is 0 Å². The Morgan fingerprint density at radius 1 is 1.64 bits per heavy atom. The molecule has 11 heavy (non-hydrogen) atoms. The quantitative estimate of drug-likeness (QED) is 0.512. The first-order valence-corrected chi connectivity index (χ1v) is 4.43. The number of aliphatic imine (C=N–C) groups is 1. The second-order valence-electron chi connectivity index (χ2n) is 1.97. The van der Waals surface area contributed by atoms with Gasteiger partial charge in [-0.3, -0.25) is 9.79 Å². The molecule has 2 aliphatic rings. The Morgan fingerprint density at radius 2 is 2.27 bits per heavy atom. The highest BCUT2D eigenvalue weighted by Crippen LogP contribution is 1.88. The highest BCUT2D eigenvalue weighted by molar-refractivity contribution is 8.01. The first-order valence-electron chi connectivity index (χ1n) is 3.15. The molecule has 0 saturated carbocycles. The van der Waals surface area contributed by atoms with Crippen LogP contribution in [0.3, 0.4) is 0 Å². The summed E-state index contributed by atoms with van der Waals surface area (Å²) in [4.78, 5) is 13.3. The third-order valence-electron chi connectivity index (χ3n) is 1.12. The zero-order chi connectivity index (χ0) is 8.10. The molecular weight excluding hydrogens is 164 g/mol. The predicted molar refractivity (Wildman–Crippen MR) is 43.4 cm³/mol. The van der Waals surface area contributed by atoms with Crippen LogP contribution in [0.2, 0.25) is 0 Å². The maximum atomic E-state index is 10.1. The third kappa shape index (κ3) is 3.08. The molecule has 0 spiro atoms. The summed E-state index contributed by atoms with van der Waals surface area (Å²) in [5.74, 6) is 0.185. The lowest BCUT2D eigenvalue weighted by Crippen LogP contribution is -2.37. The van der Waals surface area contributed by atoms with Crippen molar-refractivity contribution in [3.63, 3.8) is 0 Å². The van der Waals surface area contributed by atoms with Crippen molar-refractivity contribution in [3.05, 3.63) is 11.6 Å². The maximum Gasteiger partial charge on any atom is 0.221 e. The van der Waals surface area contributed by atoms with Crippen molar-refractivity contribution in [2.75, 3.05) is 6.54 Å². The molecule has 0 bridgehead atoms. The van der Waals surface area contributed by atoms with E-state index in [0.29, 0.717) is 0 Å². The van der Waals surface area contributed by atoms with Gasteiger partial charge in [-0.25, -0.2) is 4.21 Å². The molecule has 1 amide bonds. The lowest BCUT2D eigenvalue weighted by Gasteiger charge is -2.10. The first-order chi connectivity index (χ1) is 5.29. The standard InChI is InChI=1S/C3H3NOS.C3H5NO/c5-6-2-1-4-3-6;5-3-1-2-4-3/h1-3H;1-2H2,(H,4,5). The Bertz CT molecular complexity index is 215. The number of carbonyl (C=O) groups excluding carboxylic acids is 1. The van der Waals surface area contributed by atoms with Crippen LogP contribution in [0.25, 0.3) is 0 Å². The number of β-lactam (4-membered cyclic amide) rings is 1. The van der Waals surface area contributed by atoms with E-state index in [9.17, 15) is 9.00 Å². The smallest absolute Gasteiger partial charge is 0.221 e. The number of nitrogens with one attached hydrogen (secondary N) is 1. The van der Waals surface area contributed by atoms with Crippen molar-refractivity contribution in [1.29, 1.82) is 0 Å². The molecule has 1 unspecified atom stereocenters. The summed E-state index contributed by atoms with van der Waals surface area (Å²) >= 11 is 0. The van der Waals surface area contributed by atoms with Gasteiger partial charge in [0.1, 0.15) is 0 Å². The van der Waals surface area contributed by atoms with Crippen molar-refractivity contribution < 1.29 is 9.00 Å². The average Bonchev–Trinajstić information content (AvgIpc) is 2.36. The summed E-state index contributed by atoms with van der Waals surface area (Å²) in [5.41, 5.74) is 1.39. The molecule has 0 radical (unpaired) electrons. The number of nitrogens with zero attached hydrogens (tertiary/aromatic N) is 1. The van der Waals surface area contributed by atoms with Gasteiger partial charge in [0.2, 0.25) is 5.91 Å². The fourth-order valence-corrected chi connectivity index (χ4v) is 0.903. The predicted octanol–water partition coefficient (Wildman–Crippen LogP) is -0.245. The van der Waals surface area contributed by atoms with Gasteiger partial charge in [0, 0.05) is 24.6 Å². The van der Waals surface area contributed by atoms with E-state index in [0.717, 1.165) is 13.0 Å². The Labute approximate surface area is 66.8 Å². The van der Waals surface area contributed by atoms with Gasteiger partial charge in [-0.15, -0.1) is 0 Å². The second-order valence-corrected chi connectivity index (χ2v) is 3.11. The van der Waals surface area contributed by atoms with Gasteiger partial charge in [-0.05, 0) is 0 Å². The fourth-order valence-electron chi connectivity index (χ4n) is 0.452. The minimum absolute atomic E-state index is 0.185. The fraction of sp³-hybridized carbons (Fsp3) is 0.333. The van der Waals surface area contributed by atoms with Crippen molar-refractivity contribution in [1.82, 2.24) is 5.32 Å². The molecule has 0 aromatic heterocycles. The molecule has 0 aromatic rings. The van der Waals surface area contributed by atoms with Gasteiger partial charge < -0.3 is 5.32 Å². The van der Waals surface area contributed by atoms with E-state index < -0.39 is 10.8 Å². The van der Waals surface area contributed by atoms with Gasteiger partial charge in [0.15, 0.2) is 0 Å². The van der Waals surface area contributed by atoms with Crippen LogP contribution in [0.4, 0.5) is 0 Å². The van der Waals surface area contributed by atoms with Crippen molar-refractivity contribution in [2.45, 2.75) is 6.42 Å². The number of amides is 1. The van der Waals surface area contributed by atoms with Crippen molar-refractivity contribution in [2.24, 2.45) is 4.99 Å². The van der Waals surface area contributed by atoms with Crippen LogP contribution < -0.4 is 5.32 Å². The van der Waals surface area contributed by atoms with Crippen LogP contribution in [-0.2, 0) is 15.6 Å². The molecule has 1 saturated heterocycles. The monoisotopic (exact) mass is 172 g/mol. The minimum atomic E-state index is -0.895. The highest BCUT2D eigenvalue weighted by atomic mass is 32.2. The molecule has 1 N–H and O–H groups in total. The number of hydrogen-bond acceptors (Lipinski definition) is 3. The van der Waals surface area contributed by atoms with E-state index in [2.05, 4.69) is 10.3 Å². The first kappa shape index (κ1) is 8.13. The lowest BCUT2D eigenvalue weighted by molar-refractivity contribution is -0.125. The summed E-state index contributed by atoms with van der Waals surface area (Å²) in [6, 6.07) is 0. The molecular formula is C6H8N2O2S. The van der Waals surface area contributed by atoms with E-state index in [4.69, 9.17) is 0 Å². The Hall–Kier alpha value is -0.970. The average molecular weight is 172 g/mol. The van der Waals surface area contributed by atoms with Crippen LogP contribution in [0.5, 0.6) is 0 Å². The van der Waals surface area contributed by atoms with Gasteiger partial charge in [0.25, 0.3) is 0 Å². The minimum Gasteiger partial charge on any atom is -0.356 e. The van der Waals surface area contributed by atoms with Crippen molar-refractivity contribution >= 4 is 22.3 Å². The zero-order valence-electron chi connectivity index (χ0n) is 5.82. The molecule has 2 heterocycles. The lowest BCUT2D eigenvalue weighted by atomic mass is 10.3. The van der Waals surface area contributed by atoms with E-state index in [1.54, 1.807) is 0 Å². The molecule has 2 rings (SSSR count). The van der Waals surface area contributed by atoms with E-state index in [1.807, 2.05) is 0 Å². The molecule has 4 nitrogen and oxygen atoms in total. The zero-order valence-corrected chi connectivity index (χ0v) is 6.63. The Balaban J connectivity index is 0.000000112. The van der Waals surface area contributed by atoms with Gasteiger partial charge in [0.05, 0.1) is 16.3 Å². The molecule has 60 valence electrons. The van der Waals surface area contributed by atoms with E-state index in [-0.39, 0.29) is 5.91 Å². The number of rotatable bonds is 0. The molecule has 1 fully saturated rings.